The Bertz CT molecular complexity index is 403. The Balaban J connectivity index is 1.69. The summed E-state index contributed by atoms with van der Waals surface area (Å²) in [7, 11) is 0. The smallest absolute Gasteiger partial charge is 0.209 e. The van der Waals surface area contributed by atoms with E-state index in [1.54, 1.807) is 0 Å². The van der Waals surface area contributed by atoms with Gasteiger partial charge in [0.1, 0.15) is 0 Å². The summed E-state index contributed by atoms with van der Waals surface area (Å²) >= 11 is 1.89. The van der Waals surface area contributed by atoms with Crippen molar-refractivity contribution in [1.82, 2.24) is 25.5 Å². The Labute approximate surface area is 118 Å². The van der Waals surface area contributed by atoms with Crippen LogP contribution in [-0.4, -0.2) is 38.0 Å². The van der Waals surface area contributed by atoms with Crippen LogP contribution < -0.4 is 5.32 Å². The fourth-order valence-corrected chi connectivity index (χ4v) is 4.19. The molecule has 2 saturated carbocycles. The molecule has 19 heavy (non-hydrogen) atoms. The minimum absolute atomic E-state index is 0.570. The summed E-state index contributed by atoms with van der Waals surface area (Å²) in [4.78, 5) is 0. The third kappa shape index (κ3) is 3.28. The second-order valence-electron chi connectivity index (χ2n) is 5.60. The van der Waals surface area contributed by atoms with Gasteiger partial charge in [-0.05, 0) is 42.7 Å². The van der Waals surface area contributed by atoms with E-state index in [1.165, 1.54) is 44.9 Å². The van der Waals surface area contributed by atoms with Gasteiger partial charge in [-0.25, -0.2) is 4.68 Å². The van der Waals surface area contributed by atoms with Gasteiger partial charge in [0.15, 0.2) is 0 Å². The van der Waals surface area contributed by atoms with Gasteiger partial charge in [0.05, 0.1) is 6.04 Å². The molecule has 2 unspecified atom stereocenters. The highest BCUT2D eigenvalue weighted by Gasteiger charge is 2.31. The molecule has 5 nitrogen and oxygen atoms in total. The van der Waals surface area contributed by atoms with Crippen LogP contribution in [0, 0.1) is 0 Å². The molecule has 2 aliphatic carbocycles. The molecular weight excluding hydrogens is 258 g/mol. The fourth-order valence-electron chi connectivity index (χ4n) is 2.86. The lowest BCUT2D eigenvalue weighted by molar-refractivity contribution is 0.480. The van der Waals surface area contributed by atoms with E-state index in [4.69, 9.17) is 0 Å². The number of nitrogens with one attached hydrogen (secondary N) is 1. The van der Waals surface area contributed by atoms with Crippen LogP contribution in [0.5, 0.6) is 0 Å². The molecule has 0 radical (unpaired) electrons. The van der Waals surface area contributed by atoms with Crippen molar-refractivity contribution in [3.63, 3.8) is 0 Å². The van der Waals surface area contributed by atoms with Crippen LogP contribution in [0.4, 0.5) is 0 Å². The Morgan fingerprint density at radius 2 is 2.05 bits per heavy atom. The Kier molecular flexibility index (Phi) is 4.38. The molecule has 3 rings (SSSR count). The lowest BCUT2D eigenvalue weighted by Gasteiger charge is -2.24. The van der Waals surface area contributed by atoms with Crippen molar-refractivity contribution >= 4 is 11.8 Å². The molecule has 2 fully saturated rings. The molecule has 0 aromatic carbocycles. The summed E-state index contributed by atoms with van der Waals surface area (Å²) in [6.45, 7) is 3.25. The zero-order valence-corrected chi connectivity index (χ0v) is 12.4. The van der Waals surface area contributed by atoms with Crippen molar-refractivity contribution in [2.24, 2.45) is 0 Å². The minimum Gasteiger partial charge on any atom is -0.313 e. The first-order chi connectivity index (χ1) is 9.38. The number of nitrogens with zero attached hydrogens (tertiary/aromatic N) is 4. The maximum Gasteiger partial charge on any atom is 0.209 e. The van der Waals surface area contributed by atoms with Crippen LogP contribution in [0.15, 0.2) is 5.16 Å². The highest BCUT2D eigenvalue weighted by Crippen LogP contribution is 2.39. The minimum atomic E-state index is 0.570. The molecule has 1 aromatic rings. The molecule has 0 spiro atoms. The van der Waals surface area contributed by atoms with Gasteiger partial charge in [0.25, 0.3) is 0 Å². The van der Waals surface area contributed by atoms with E-state index >= 15 is 0 Å². The zero-order chi connectivity index (χ0) is 13.1. The second kappa shape index (κ2) is 6.22. The summed E-state index contributed by atoms with van der Waals surface area (Å²) in [5.41, 5.74) is 0. The van der Waals surface area contributed by atoms with Gasteiger partial charge in [-0.2, -0.15) is 0 Å². The summed E-state index contributed by atoms with van der Waals surface area (Å²) in [6.07, 6.45) is 9.09. The van der Waals surface area contributed by atoms with E-state index < -0.39 is 0 Å². The molecule has 0 saturated heterocycles. The Hall–Kier alpha value is -0.620. The Morgan fingerprint density at radius 1 is 1.21 bits per heavy atom. The van der Waals surface area contributed by atoms with Crippen LogP contribution in [0.1, 0.15) is 57.9 Å². The van der Waals surface area contributed by atoms with Gasteiger partial charge in [-0.1, -0.05) is 37.9 Å². The van der Waals surface area contributed by atoms with E-state index in [-0.39, 0.29) is 0 Å². The first-order valence-corrected chi connectivity index (χ1v) is 8.44. The van der Waals surface area contributed by atoms with E-state index in [2.05, 4.69) is 27.8 Å². The monoisotopic (exact) mass is 281 g/mol. The van der Waals surface area contributed by atoms with E-state index in [9.17, 15) is 0 Å². The van der Waals surface area contributed by atoms with Crippen molar-refractivity contribution < 1.29 is 0 Å². The maximum absolute atomic E-state index is 4.23. The van der Waals surface area contributed by atoms with Crippen LogP contribution in [0.25, 0.3) is 0 Å². The SMILES string of the molecule is CCNC1CCCCCC1Sc1nnnn1C1CC1. The summed E-state index contributed by atoms with van der Waals surface area (Å²) in [5, 5.41) is 17.5. The molecule has 1 N–H and O–H groups in total. The Morgan fingerprint density at radius 3 is 2.84 bits per heavy atom. The molecule has 1 aromatic heterocycles. The van der Waals surface area contributed by atoms with Gasteiger partial charge in [0, 0.05) is 11.3 Å². The van der Waals surface area contributed by atoms with Crippen LogP contribution in [0.2, 0.25) is 0 Å². The second-order valence-corrected chi connectivity index (χ2v) is 6.80. The normalized spacial score (nSPS) is 28.3. The number of hydrogen-bond acceptors (Lipinski definition) is 5. The van der Waals surface area contributed by atoms with Crippen molar-refractivity contribution in [1.29, 1.82) is 0 Å². The van der Waals surface area contributed by atoms with E-state index in [0.717, 1.165) is 11.7 Å². The maximum atomic E-state index is 4.23. The predicted molar refractivity (Wildman–Crippen MR) is 76.3 cm³/mol. The van der Waals surface area contributed by atoms with Crippen molar-refractivity contribution in [2.75, 3.05) is 6.54 Å². The average Bonchev–Trinajstić information content (AvgIpc) is 3.18. The molecule has 0 amide bonds. The van der Waals surface area contributed by atoms with Gasteiger partial charge in [-0.3, -0.25) is 0 Å². The molecular formula is C13H23N5S. The van der Waals surface area contributed by atoms with Crippen molar-refractivity contribution in [3.8, 4) is 0 Å². The summed E-state index contributed by atoms with van der Waals surface area (Å²) in [5.74, 6) is 0. The van der Waals surface area contributed by atoms with E-state index in [1.807, 2.05) is 16.4 Å². The highest BCUT2D eigenvalue weighted by molar-refractivity contribution is 7.99. The predicted octanol–water partition coefficient (Wildman–Crippen LogP) is 2.41. The van der Waals surface area contributed by atoms with Crippen LogP contribution >= 0.6 is 11.8 Å². The van der Waals surface area contributed by atoms with Gasteiger partial charge >= 0.3 is 0 Å². The fraction of sp³-hybridized carbons (Fsp3) is 0.923. The van der Waals surface area contributed by atoms with E-state index in [0.29, 0.717) is 17.3 Å². The lowest BCUT2D eigenvalue weighted by Crippen LogP contribution is -2.37. The molecule has 0 aliphatic heterocycles. The number of rotatable bonds is 5. The molecule has 106 valence electrons. The number of tetrazole rings is 1. The number of thioether (sulfide) groups is 1. The van der Waals surface area contributed by atoms with Crippen LogP contribution in [-0.2, 0) is 0 Å². The van der Waals surface area contributed by atoms with Crippen molar-refractivity contribution in [2.45, 2.75) is 74.4 Å². The number of aromatic nitrogens is 4. The average molecular weight is 281 g/mol. The first kappa shape index (κ1) is 13.4. The molecule has 1 heterocycles. The van der Waals surface area contributed by atoms with Gasteiger partial charge in [-0.15, -0.1) is 5.10 Å². The standard InChI is InChI=1S/C13H23N5S/c1-2-14-11-6-4-3-5-7-12(11)19-13-15-16-17-18(13)10-8-9-10/h10-12,14H,2-9H2,1H3. The molecule has 0 bridgehead atoms. The third-order valence-corrected chi connectivity index (χ3v) is 5.38. The molecule has 6 heteroatoms. The zero-order valence-electron chi connectivity index (χ0n) is 11.6. The number of hydrogen-bond donors (Lipinski definition) is 1. The van der Waals surface area contributed by atoms with Gasteiger partial charge in [0.2, 0.25) is 5.16 Å². The topological polar surface area (TPSA) is 55.6 Å². The lowest BCUT2D eigenvalue weighted by atomic mass is 10.1. The third-order valence-electron chi connectivity index (χ3n) is 4.03. The largest absolute Gasteiger partial charge is 0.313 e. The first-order valence-electron chi connectivity index (χ1n) is 7.56. The summed E-state index contributed by atoms with van der Waals surface area (Å²) < 4.78 is 2.04. The molecule has 2 atom stereocenters. The highest BCUT2D eigenvalue weighted by atomic mass is 32.2. The van der Waals surface area contributed by atoms with Gasteiger partial charge < -0.3 is 5.32 Å². The van der Waals surface area contributed by atoms with Crippen molar-refractivity contribution in [3.05, 3.63) is 0 Å². The molecule has 2 aliphatic rings. The van der Waals surface area contributed by atoms with Crippen LogP contribution in [0.3, 0.4) is 0 Å². The summed E-state index contributed by atoms with van der Waals surface area (Å²) in [6, 6.07) is 1.18. The quantitative estimate of drug-likeness (QED) is 0.840.